The topological polar surface area (TPSA) is 68.3 Å². The summed E-state index contributed by atoms with van der Waals surface area (Å²) in [5, 5.41) is 0. The van der Waals surface area contributed by atoms with Crippen LogP contribution in [-0.4, -0.2) is 49.3 Å². The molecule has 8 heteroatoms. The first kappa shape index (κ1) is 15.0. The van der Waals surface area contributed by atoms with E-state index in [0.717, 1.165) is 0 Å². The smallest absolute Gasteiger partial charge is 0.151 e. The summed E-state index contributed by atoms with van der Waals surface area (Å²) in [5.41, 5.74) is 0. The first-order valence-corrected chi connectivity index (χ1v) is 11.6. The van der Waals surface area contributed by atoms with Crippen LogP contribution >= 0.6 is 21.6 Å². The summed E-state index contributed by atoms with van der Waals surface area (Å²) in [6.07, 6.45) is 1.33. The molecule has 0 spiro atoms. The van der Waals surface area contributed by atoms with Crippen molar-refractivity contribution < 1.29 is 16.8 Å². The number of hydrogen-bond acceptors (Lipinski definition) is 6. The Labute approximate surface area is 117 Å². The van der Waals surface area contributed by atoms with Crippen molar-refractivity contribution in [1.29, 1.82) is 0 Å². The highest BCUT2D eigenvalue weighted by atomic mass is 33.1. The van der Waals surface area contributed by atoms with E-state index in [4.69, 9.17) is 0 Å². The molecule has 2 rings (SSSR count). The average molecular weight is 331 g/mol. The fraction of sp³-hybridized carbons (Fsp3) is 1.00. The van der Waals surface area contributed by atoms with Gasteiger partial charge in [-0.3, -0.25) is 0 Å². The van der Waals surface area contributed by atoms with Crippen LogP contribution in [-0.2, 0) is 19.7 Å². The van der Waals surface area contributed by atoms with Crippen LogP contribution in [0.2, 0.25) is 0 Å². The third-order valence-electron chi connectivity index (χ3n) is 3.38. The lowest BCUT2D eigenvalue weighted by molar-refractivity contribution is 0.599. The molecular weight excluding hydrogens is 312 g/mol. The van der Waals surface area contributed by atoms with Crippen molar-refractivity contribution in [2.75, 3.05) is 23.0 Å². The molecule has 2 saturated heterocycles. The van der Waals surface area contributed by atoms with Crippen LogP contribution in [0, 0.1) is 0 Å². The van der Waals surface area contributed by atoms with E-state index >= 15 is 0 Å². The largest absolute Gasteiger partial charge is 0.229 e. The van der Waals surface area contributed by atoms with Gasteiger partial charge < -0.3 is 0 Å². The van der Waals surface area contributed by atoms with Gasteiger partial charge in [-0.1, -0.05) is 21.6 Å². The van der Waals surface area contributed by atoms with Crippen molar-refractivity contribution in [2.24, 2.45) is 0 Å². The molecule has 2 heterocycles. The summed E-state index contributed by atoms with van der Waals surface area (Å²) in [6.45, 7) is 3.92. The van der Waals surface area contributed by atoms with E-state index in [0.29, 0.717) is 12.8 Å². The van der Waals surface area contributed by atoms with Crippen molar-refractivity contribution in [3.05, 3.63) is 0 Å². The monoisotopic (exact) mass is 330 g/mol. The van der Waals surface area contributed by atoms with Crippen LogP contribution in [0.1, 0.15) is 26.7 Å². The highest BCUT2D eigenvalue weighted by Gasteiger charge is 2.44. The molecule has 2 atom stereocenters. The molecule has 0 radical (unpaired) electrons. The van der Waals surface area contributed by atoms with Gasteiger partial charge in [0.15, 0.2) is 19.7 Å². The van der Waals surface area contributed by atoms with Gasteiger partial charge in [-0.05, 0) is 26.7 Å². The first-order valence-electron chi connectivity index (χ1n) is 5.81. The summed E-state index contributed by atoms with van der Waals surface area (Å²) < 4.78 is 45.5. The lowest BCUT2D eigenvalue weighted by Gasteiger charge is -2.27. The van der Waals surface area contributed by atoms with Gasteiger partial charge >= 0.3 is 0 Å². The Hall–Kier alpha value is 0.600. The molecule has 0 saturated carbocycles. The number of sulfone groups is 2. The zero-order valence-corrected chi connectivity index (χ0v) is 13.8. The summed E-state index contributed by atoms with van der Waals surface area (Å²) in [5.74, 6) is 0.930. The van der Waals surface area contributed by atoms with Gasteiger partial charge in [0.2, 0.25) is 0 Å². The second kappa shape index (κ2) is 4.56. The Morgan fingerprint density at radius 2 is 1.11 bits per heavy atom. The maximum Gasteiger partial charge on any atom is 0.151 e. The maximum atomic E-state index is 11.5. The first-order chi connectivity index (χ1) is 8.04. The molecule has 0 aromatic heterocycles. The van der Waals surface area contributed by atoms with Gasteiger partial charge in [0.1, 0.15) is 0 Å². The molecule has 0 bridgehead atoms. The summed E-state index contributed by atoms with van der Waals surface area (Å²) in [6, 6.07) is 0. The van der Waals surface area contributed by atoms with Crippen LogP contribution in [0.25, 0.3) is 0 Å². The fourth-order valence-corrected chi connectivity index (χ4v) is 11.3. The van der Waals surface area contributed by atoms with Gasteiger partial charge in [0, 0.05) is 9.49 Å². The third kappa shape index (κ3) is 3.58. The average Bonchev–Trinajstić information content (AvgIpc) is 2.63. The lowest BCUT2D eigenvalue weighted by atomic mass is 10.1. The van der Waals surface area contributed by atoms with Gasteiger partial charge in [0.25, 0.3) is 0 Å². The zero-order chi connectivity index (χ0) is 13.7. The Balaban J connectivity index is 1.97. The summed E-state index contributed by atoms with van der Waals surface area (Å²) >= 11 is 0. The van der Waals surface area contributed by atoms with Crippen LogP contribution in [0.15, 0.2) is 0 Å². The van der Waals surface area contributed by atoms with Gasteiger partial charge in [-0.25, -0.2) is 16.8 Å². The Bertz CT molecular complexity index is 488. The fourth-order valence-electron chi connectivity index (χ4n) is 2.29. The van der Waals surface area contributed by atoms with E-state index in [-0.39, 0.29) is 32.5 Å². The molecule has 0 N–H and O–H groups in total. The predicted molar refractivity (Wildman–Crippen MR) is 78.5 cm³/mol. The van der Waals surface area contributed by atoms with E-state index in [9.17, 15) is 16.8 Å². The van der Waals surface area contributed by atoms with Crippen molar-refractivity contribution >= 4 is 41.3 Å². The van der Waals surface area contributed by atoms with Crippen molar-refractivity contribution in [1.82, 2.24) is 0 Å². The second-order valence-corrected chi connectivity index (χ2v) is 13.4. The molecule has 4 nitrogen and oxygen atoms in total. The van der Waals surface area contributed by atoms with E-state index in [2.05, 4.69) is 0 Å². The Morgan fingerprint density at radius 3 is 1.33 bits per heavy atom. The van der Waals surface area contributed by atoms with Gasteiger partial charge in [-0.15, -0.1) is 0 Å². The predicted octanol–water partition coefficient (Wildman–Crippen LogP) is 1.52. The minimum Gasteiger partial charge on any atom is -0.229 e. The third-order valence-corrected chi connectivity index (χ3v) is 11.8. The molecule has 0 aromatic rings. The van der Waals surface area contributed by atoms with E-state index in [1.807, 2.05) is 13.8 Å². The highest BCUT2D eigenvalue weighted by molar-refractivity contribution is 8.77. The van der Waals surface area contributed by atoms with Gasteiger partial charge in [-0.2, -0.15) is 0 Å². The molecule has 0 aromatic carbocycles. The molecule has 2 fully saturated rings. The summed E-state index contributed by atoms with van der Waals surface area (Å²) in [4.78, 5) is 0. The van der Waals surface area contributed by atoms with E-state index in [1.54, 1.807) is 21.6 Å². The SMILES string of the molecule is C[C@]1(SS[C@]2(C)CCS(=O)(=O)C2)CCS(=O)(=O)C1. The second-order valence-electron chi connectivity index (χ2n) is 5.75. The molecule has 2 aliphatic heterocycles. The lowest BCUT2D eigenvalue weighted by Crippen LogP contribution is -2.25. The van der Waals surface area contributed by atoms with Crippen LogP contribution in [0.4, 0.5) is 0 Å². The molecule has 106 valence electrons. The Morgan fingerprint density at radius 1 is 0.778 bits per heavy atom. The van der Waals surface area contributed by atoms with Crippen molar-refractivity contribution in [3.63, 3.8) is 0 Å². The normalized spacial score (nSPS) is 42.1. The van der Waals surface area contributed by atoms with Crippen LogP contribution in [0.5, 0.6) is 0 Å². The van der Waals surface area contributed by atoms with E-state index in [1.165, 1.54) is 0 Å². The number of rotatable bonds is 3. The maximum absolute atomic E-state index is 11.5. The van der Waals surface area contributed by atoms with E-state index < -0.39 is 19.7 Å². The molecule has 2 aliphatic rings. The standard InChI is InChI=1S/C10H18O4S4/c1-9(3-5-17(11,12)7-9)15-16-10(2)4-6-18(13,14)8-10/h3-8H2,1-2H3/t9-,10+. The molecule has 0 unspecified atom stereocenters. The van der Waals surface area contributed by atoms with Crippen molar-refractivity contribution in [2.45, 2.75) is 36.2 Å². The minimum absolute atomic E-state index is 0.209. The minimum atomic E-state index is -2.89. The number of hydrogen-bond donors (Lipinski definition) is 0. The molecule has 18 heavy (non-hydrogen) atoms. The zero-order valence-electron chi connectivity index (χ0n) is 10.5. The quantitative estimate of drug-likeness (QED) is 0.731. The van der Waals surface area contributed by atoms with Gasteiger partial charge in [0.05, 0.1) is 23.0 Å². The highest BCUT2D eigenvalue weighted by Crippen LogP contribution is 2.51. The summed E-state index contributed by atoms with van der Waals surface area (Å²) in [7, 11) is -2.67. The van der Waals surface area contributed by atoms with Crippen LogP contribution in [0.3, 0.4) is 0 Å². The Kier molecular flexibility index (Phi) is 3.80. The molecule has 0 aliphatic carbocycles. The van der Waals surface area contributed by atoms with Crippen molar-refractivity contribution in [3.8, 4) is 0 Å². The molecule has 0 amide bonds. The van der Waals surface area contributed by atoms with Crippen LogP contribution < -0.4 is 0 Å². The molecular formula is C10H18O4S4.